The topological polar surface area (TPSA) is 76.4 Å². The second-order valence-corrected chi connectivity index (χ2v) is 13.4. The molecule has 5 unspecified atom stereocenters. The molecule has 0 bridgehead atoms. The highest BCUT2D eigenvalue weighted by Crippen LogP contribution is 2.70. The van der Waals surface area contributed by atoms with Crippen LogP contribution in [-0.4, -0.2) is 24.1 Å². The van der Waals surface area contributed by atoms with Crippen molar-refractivity contribution in [1.82, 2.24) is 0 Å². The smallest absolute Gasteiger partial charge is 0.302 e. The van der Waals surface area contributed by atoms with Gasteiger partial charge in [-0.25, -0.2) is 0 Å². The van der Waals surface area contributed by atoms with E-state index in [9.17, 15) is 9.59 Å². The van der Waals surface area contributed by atoms with E-state index in [1.54, 1.807) is 13.0 Å². The van der Waals surface area contributed by atoms with E-state index in [-0.39, 0.29) is 35.0 Å². The fraction of sp³-hybridized carbons (Fsp3) is 0.844. The lowest BCUT2D eigenvalue weighted by Gasteiger charge is -2.65. The average Bonchev–Trinajstić information content (AvgIpc) is 3.19. The van der Waals surface area contributed by atoms with Crippen molar-refractivity contribution in [2.24, 2.45) is 52.3 Å². The molecule has 4 aliphatic rings. The summed E-state index contributed by atoms with van der Waals surface area (Å²) in [6, 6.07) is 2.12. The number of rotatable bonds is 7. The maximum atomic E-state index is 12.5. The van der Waals surface area contributed by atoms with Crippen molar-refractivity contribution in [1.29, 1.82) is 5.26 Å². The first-order valence-electron chi connectivity index (χ1n) is 15.0. The monoisotopic (exact) mass is 511 g/mol. The van der Waals surface area contributed by atoms with Crippen LogP contribution >= 0.6 is 0 Å². The van der Waals surface area contributed by atoms with E-state index in [0.29, 0.717) is 41.4 Å². The van der Waals surface area contributed by atoms with Crippen molar-refractivity contribution in [2.75, 3.05) is 0 Å². The molecular weight excluding hydrogens is 462 g/mol. The quantitative estimate of drug-likeness (QED) is 0.266. The molecule has 4 fully saturated rings. The van der Waals surface area contributed by atoms with Crippen molar-refractivity contribution in [3.63, 3.8) is 0 Å². The second-order valence-electron chi connectivity index (χ2n) is 13.4. The van der Waals surface area contributed by atoms with E-state index in [1.807, 2.05) is 6.08 Å². The molecule has 0 N–H and O–H groups in total. The Morgan fingerprint density at radius 2 is 1.68 bits per heavy atom. The van der Waals surface area contributed by atoms with Gasteiger partial charge in [-0.1, -0.05) is 33.8 Å². The van der Waals surface area contributed by atoms with Gasteiger partial charge in [0, 0.05) is 25.8 Å². The zero-order valence-electron chi connectivity index (χ0n) is 24.0. The van der Waals surface area contributed by atoms with E-state index in [2.05, 4.69) is 33.8 Å². The summed E-state index contributed by atoms with van der Waals surface area (Å²) >= 11 is 0. The molecule has 0 aliphatic heterocycles. The number of esters is 2. The Kier molecular flexibility index (Phi) is 8.46. The number of hydrogen-bond donors (Lipinski definition) is 0. The number of nitriles is 1. The fourth-order valence-electron chi connectivity index (χ4n) is 10.3. The maximum Gasteiger partial charge on any atom is 0.302 e. The SMILES string of the molecule is CC[C@@H]1C2C[C@H](OC(C)=O)CCC2(C)[C@H]2CCC3(C)C([C@H](C)CC/C=C/C#N)CC[C@H]3C2[C@@H]1OC(C)=O. The van der Waals surface area contributed by atoms with Crippen LogP contribution in [0.1, 0.15) is 106 Å². The van der Waals surface area contributed by atoms with E-state index in [0.717, 1.165) is 38.5 Å². The van der Waals surface area contributed by atoms with Gasteiger partial charge in [-0.3, -0.25) is 9.59 Å². The third kappa shape index (κ3) is 5.11. The first kappa shape index (κ1) is 28.2. The number of carbonyl (C=O) groups is 2. The summed E-state index contributed by atoms with van der Waals surface area (Å²) in [5.74, 6) is 3.22. The molecule has 0 aromatic rings. The van der Waals surface area contributed by atoms with Crippen LogP contribution in [0, 0.1) is 63.6 Å². The van der Waals surface area contributed by atoms with Crippen LogP contribution in [0.3, 0.4) is 0 Å². The number of nitrogens with zero attached hydrogens (tertiary/aromatic N) is 1. The molecular formula is C32H49NO4. The first-order chi connectivity index (χ1) is 17.6. The van der Waals surface area contributed by atoms with Crippen LogP contribution in [0.4, 0.5) is 0 Å². The summed E-state index contributed by atoms with van der Waals surface area (Å²) in [5.41, 5.74) is 0.472. The van der Waals surface area contributed by atoms with Crippen molar-refractivity contribution in [2.45, 2.75) is 118 Å². The van der Waals surface area contributed by atoms with Crippen molar-refractivity contribution in [3.05, 3.63) is 12.2 Å². The molecule has 4 rings (SSSR count). The molecule has 4 aliphatic carbocycles. The normalized spacial score (nSPS) is 43.7. The summed E-state index contributed by atoms with van der Waals surface area (Å²) in [6.07, 6.45) is 14.5. The zero-order valence-corrected chi connectivity index (χ0v) is 24.0. The second kappa shape index (κ2) is 11.1. The third-order valence-electron chi connectivity index (χ3n) is 11.7. The third-order valence-corrected chi connectivity index (χ3v) is 11.7. The minimum atomic E-state index is -0.186. The van der Waals surface area contributed by atoms with Gasteiger partial charge in [0.1, 0.15) is 12.2 Å². The summed E-state index contributed by atoms with van der Waals surface area (Å²) in [7, 11) is 0. The van der Waals surface area contributed by atoms with Crippen molar-refractivity contribution >= 4 is 11.9 Å². The minimum Gasteiger partial charge on any atom is -0.463 e. The Bertz CT molecular complexity index is 922. The predicted molar refractivity (Wildman–Crippen MR) is 144 cm³/mol. The van der Waals surface area contributed by atoms with Gasteiger partial charge in [0.15, 0.2) is 0 Å². The molecule has 0 heterocycles. The van der Waals surface area contributed by atoms with E-state index in [1.165, 1.54) is 32.6 Å². The summed E-state index contributed by atoms with van der Waals surface area (Å²) in [5, 5.41) is 8.84. The molecule has 5 nitrogen and oxygen atoms in total. The number of allylic oxidation sites excluding steroid dienone is 2. The van der Waals surface area contributed by atoms with E-state index < -0.39 is 0 Å². The van der Waals surface area contributed by atoms with Gasteiger partial charge < -0.3 is 9.47 Å². The first-order valence-corrected chi connectivity index (χ1v) is 15.0. The molecule has 11 atom stereocenters. The van der Waals surface area contributed by atoms with Gasteiger partial charge in [0.2, 0.25) is 0 Å². The largest absolute Gasteiger partial charge is 0.463 e. The van der Waals surface area contributed by atoms with Gasteiger partial charge in [-0.2, -0.15) is 5.26 Å². The van der Waals surface area contributed by atoms with Crippen LogP contribution in [0.2, 0.25) is 0 Å². The summed E-state index contributed by atoms with van der Waals surface area (Å²) in [4.78, 5) is 24.3. The Labute approximate surface area is 224 Å². The lowest BCUT2D eigenvalue weighted by Crippen LogP contribution is -2.63. The van der Waals surface area contributed by atoms with Crippen molar-refractivity contribution < 1.29 is 19.1 Å². The van der Waals surface area contributed by atoms with Crippen LogP contribution in [0.25, 0.3) is 0 Å². The molecule has 0 spiro atoms. The molecule has 0 aromatic heterocycles. The van der Waals surface area contributed by atoms with Gasteiger partial charge in [0.25, 0.3) is 0 Å². The number of hydrogen-bond acceptors (Lipinski definition) is 5. The number of ether oxygens (including phenoxy) is 2. The van der Waals surface area contributed by atoms with Crippen LogP contribution in [0.15, 0.2) is 12.2 Å². The van der Waals surface area contributed by atoms with Gasteiger partial charge in [0.05, 0.1) is 6.07 Å². The lowest BCUT2D eigenvalue weighted by molar-refractivity contribution is -0.219. The summed E-state index contributed by atoms with van der Waals surface area (Å²) in [6.45, 7) is 12.8. The highest BCUT2D eigenvalue weighted by atomic mass is 16.5. The van der Waals surface area contributed by atoms with E-state index in [4.69, 9.17) is 14.7 Å². The minimum absolute atomic E-state index is 0.0141. The molecule has 0 saturated heterocycles. The van der Waals surface area contributed by atoms with E-state index >= 15 is 0 Å². The molecule has 4 saturated carbocycles. The standard InChI is InChI=1S/C32H49NO4/c1-7-24-28-19-23(36-21(3)34)14-16-32(28,6)27-15-17-31(5)25(20(2)11-9-8-10-18-33)12-13-26(31)29(27)30(24)37-22(4)35/h8,10,20,23-30H,7,9,11-17,19H2,1-6H3/b10-8+/t20-,23-,24-,25?,26+,27+,28?,29?,30-,31?,32?/m1/s1. The molecule has 5 heteroatoms. The van der Waals surface area contributed by atoms with Gasteiger partial charge in [-0.05, 0) is 111 Å². The van der Waals surface area contributed by atoms with Gasteiger partial charge in [-0.15, -0.1) is 0 Å². The number of carbonyl (C=O) groups excluding carboxylic acids is 2. The molecule has 206 valence electrons. The van der Waals surface area contributed by atoms with Gasteiger partial charge >= 0.3 is 11.9 Å². The molecule has 0 amide bonds. The predicted octanol–water partition coefficient (Wildman–Crippen LogP) is 7.25. The van der Waals surface area contributed by atoms with Crippen molar-refractivity contribution in [3.8, 4) is 6.07 Å². The average molecular weight is 512 g/mol. The lowest BCUT2D eigenvalue weighted by atomic mass is 9.41. The Morgan fingerprint density at radius 1 is 1.00 bits per heavy atom. The highest BCUT2D eigenvalue weighted by molar-refractivity contribution is 5.66. The van der Waals surface area contributed by atoms with Crippen LogP contribution in [-0.2, 0) is 19.1 Å². The number of fused-ring (bicyclic) bond motifs is 5. The maximum absolute atomic E-state index is 12.5. The molecule has 0 aromatic carbocycles. The zero-order chi connectivity index (χ0) is 27.0. The molecule has 0 radical (unpaired) electrons. The Hall–Kier alpha value is -1.83. The van der Waals surface area contributed by atoms with Crippen LogP contribution < -0.4 is 0 Å². The fourth-order valence-corrected chi connectivity index (χ4v) is 10.3. The molecule has 37 heavy (non-hydrogen) atoms. The highest BCUT2D eigenvalue weighted by Gasteiger charge is 2.66. The Morgan fingerprint density at radius 3 is 2.32 bits per heavy atom. The Balaban J connectivity index is 1.64. The van der Waals surface area contributed by atoms with Crippen LogP contribution in [0.5, 0.6) is 0 Å². The summed E-state index contributed by atoms with van der Waals surface area (Å²) < 4.78 is 12.1.